The van der Waals surface area contributed by atoms with Gasteiger partial charge in [-0.05, 0) is 13.0 Å². The lowest BCUT2D eigenvalue weighted by Crippen LogP contribution is -2.35. The van der Waals surface area contributed by atoms with E-state index < -0.39 is 0 Å². The molecule has 4 nitrogen and oxygen atoms in total. The van der Waals surface area contributed by atoms with Crippen LogP contribution >= 0.6 is 0 Å². The van der Waals surface area contributed by atoms with Gasteiger partial charge in [0, 0.05) is 39.9 Å². The van der Waals surface area contributed by atoms with Crippen LogP contribution in [0.25, 0.3) is 0 Å². The topological polar surface area (TPSA) is 33.7 Å². The molecule has 0 saturated heterocycles. The second-order valence-corrected chi connectivity index (χ2v) is 4.14. The number of likely N-dealkylation sites (N-methyl/N-ethyl adjacent to an activating group) is 1. The smallest absolute Gasteiger partial charge is 0.0590 e. The molecule has 0 aliphatic rings. The molecule has 17 heavy (non-hydrogen) atoms. The zero-order valence-corrected chi connectivity index (χ0v) is 11.8. The molecule has 0 atom stereocenters. The fraction of sp³-hybridized carbons (Fsp3) is 1.00. The number of rotatable bonds is 13. The van der Waals surface area contributed by atoms with Crippen molar-refractivity contribution in [2.24, 2.45) is 0 Å². The van der Waals surface area contributed by atoms with Crippen LogP contribution in [-0.2, 0) is 9.47 Å². The van der Waals surface area contributed by atoms with Gasteiger partial charge in [0.05, 0.1) is 13.2 Å². The van der Waals surface area contributed by atoms with E-state index in [9.17, 15) is 0 Å². The summed E-state index contributed by atoms with van der Waals surface area (Å²) in [5, 5.41) is 3.40. The van der Waals surface area contributed by atoms with E-state index in [2.05, 4.69) is 24.1 Å². The van der Waals surface area contributed by atoms with Crippen LogP contribution in [0.4, 0.5) is 0 Å². The summed E-state index contributed by atoms with van der Waals surface area (Å²) in [6, 6.07) is 0. The Balaban J connectivity index is 3.19. The molecule has 0 aliphatic carbocycles. The van der Waals surface area contributed by atoms with Crippen molar-refractivity contribution in [2.75, 3.05) is 59.7 Å². The van der Waals surface area contributed by atoms with E-state index in [1.807, 2.05) is 0 Å². The lowest BCUT2D eigenvalue weighted by Gasteiger charge is -2.19. The molecule has 0 heterocycles. The van der Waals surface area contributed by atoms with Crippen LogP contribution in [0.2, 0.25) is 0 Å². The Morgan fingerprint density at radius 2 is 1.82 bits per heavy atom. The second kappa shape index (κ2) is 13.9. The molecule has 0 bridgehead atoms. The van der Waals surface area contributed by atoms with Crippen molar-refractivity contribution in [3.63, 3.8) is 0 Å². The molecule has 0 fully saturated rings. The summed E-state index contributed by atoms with van der Waals surface area (Å²) in [5.74, 6) is 0. The first-order chi connectivity index (χ1) is 8.35. The van der Waals surface area contributed by atoms with Gasteiger partial charge in [-0.2, -0.15) is 0 Å². The Kier molecular flexibility index (Phi) is 13.8. The maximum absolute atomic E-state index is 5.48. The standard InChI is InChI=1S/C13H30N2O2/c1-4-6-11-17-12-8-14-7-9-15(5-2)10-13-16-3/h14H,4-13H2,1-3H3. The van der Waals surface area contributed by atoms with Gasteiger partial charge in [-0.1, -0.05) is 20.3 Å². The van der Waals surface area contributed by atoms with Crippen LogP contribution in [0.15, 0.2) is 0 Å². The Bertz CT molecular complexity index is 145. The first-order valence-electron chi connectivity index (χ1n) is 6.84. The van der Waals surface area contributed by atoms with Crippen LogP contribution in [-0.4, -0.2) is 64.6 Å². The molecule has 0 aromatic rings. The Morgan fingerprint density at radius 1 is 1.00 bits per heavy atom. The van der Waals surface area contributed by atoms with Crippen LogP contribution in [0.1, 0.15) is 26.7 Å². The minimum atomic E-state index is 0.813. The summed E-state index contributed by atoms with van der Waals surface area (Å²) in [5.41, 5.74) is 0. The van der Waals surface area contributed by atoms with Gasteiger partial charge in [-0.15, -0.1) is 0 Å². The molecule has 0 radical (unpaired) electrons. The van der Waals surface area contributed by atoms with Crippen molar-refractivity contribution in [3.8, 4) is 0 Å². The first-order valence-corrected chi connectivity index (χ1v) is 6.84. The van der Waals surface area contributed by atoms with E-state index in [0.29, 0.717) is 0 Å². The van der Waals surface area contributed by atoms with Crippen molar-refractivity contribution < 1.29 is 9.47 Å². The molecule has 104 valence electrons. The number of nitrogens with one attached hydrogen (secondary N) is 1. The summed E-state index contributed by atoms with van der Waals surface area (Å²) < 4.78 is 10.6. The summed E-state index contributed by atoms with van der Waals surface area (Å²) in [6.45, 7) is 12.0. The van der Waals surface area contributed by atoms with E-state index >= 15 is 0 Å². The van der Waals surface area contributed by atoms with E-state index in [0.717, 1.165) is 52.5 Å². The van der Waals surface area contributed by atoms with Crippen LogP contribution < -0.4 is 5.32 Å². The average Bonchev–Trinajstić information content (AvgIpc) is 2.36. The third kappa shape index (κ3) is 12.1. The van der Waals surface area contributed by atoms with Gasteiger partial charge in [-0.25, -0.2) is 0 Å². The molecule has 4 heteroatoms. The zero-order valence-electron chi connectivity index (χ0n) is 11.8. The fourth-order valence-corrected chi connectivity index (χ4v) is 1.50. The molecular formula is C13H30N2O2. The normalized spacial score (nSPS) is 11.3. The maximum Gasteiger partial charge on any atom is 0.0590 e. The quantitative estimate of drug-likeness (QED) is 0.498. The predicted octanol–water partition coefficient (Wildman–Crippen LogP) is 1.36. The molecule has 0 saturated carbocycles. The zero-order chi connectivity index (χ0) is 12.8. The Labute approximate surface area is 107 Å². The number of nitrogens with zero attached hydrogens (tertiary/aromatic N) is 1. The van der Waals surface area contributed by atoms with E-state index in [1.165, 1.54) is 12.8 Å². The predicted molar refractivity (Wildman–Crippen MR) is 72.6 cm³/mol. The monoisotopic (exact) mass is 246 g/mol. The molecule has 0 aromatic heterocycles. The SMILES string of the molecule is CCCCOCCNCCN(CC)CCOC. The molecule has 0 rings (SSSR count). The van der Waals surface area contributed by atoms with E-state index in [1.54, 1.807) is 7.11 Å². The number of hydrogen-bond acceptors (Lipinski definition) is 4. The summed E-state index contributed by atoms with van der Waals surface area (Å²) in [4.78, 5) is 2.38. The fourth-order valence-electron chi connectivity index (χ4n) is 1.50. The number of ether oxygens (including phenoxy) is 2. The van der Waals surface area contributed by atoms with Gasteiger partial charge < -0.3 is 19.7 Å². The summed E-state index contributed by atoms with van der Waals surface area (Å²) >= 11 is 0. The highest BCUT2D eigenvalue weighted by Gasteiger charge is 2.00. The molecule has 0 unspecified atom stereocenters. The minimum absolute atomic E-state index is 0.813. The summed E-state index contributed by atoms with van der Waals surface area (Å²) in [7, 11) is 1.75. The van der Waals surface area contributed by atoms with Gasteiger partial charge in [0.25, 0.3) is 0 Å². The largest absolute Gasteiger partial charge is 0.383 e. The molecule has 1 N–H and O–H groups in total. The summed E-state index contributed by atoms with van der Waals surface area (Å²) in [6.07, 6.45) is 2.37. The van der Waals surface area contributed by atoms with Gasteiger partial charge in [-0.3, -0.25) is 0 Å². The van der Waals surface area contributed by atoms with Gasteiger partial charge in [0.15, 0.2) is 0 Å². The van der Waals surface area contributed by atoms with E-state index in [-0.39, 0.29) is 0 Å². The minimum Gasteiger partial charge on any atom is -0.383 e. The second-order valence-electron chi connectivity index (χ2n) is 4.14. The first kappa shape index (κ1) is 16.8. The molecule has 0 aromatic carbocycles. The van der Waals surface area contributed by atoms with Crippen molar-refractivity contribution >= 4 is 0 Å². The van der Waals surface area contributed by atoms with Crippen LogP contribution in [0.3, 0.4) is 0 Å². The lowest BCUT2D eigenvalue weighted by molar-refractivity contribution is 0.130. The number of unbranched alkanes of at least 4 members (excludes halogenated alkanes) is 1. The van der Waals surface area contributed by atoms with Gasteiger partial charge in [0.1, 0.15) is 0 Å². The average molecular weight is 246 g/mol. The highest BCUT2D eigenvalue weighted by molar-refractivity contribution is 4.57. The molecular weight excluding hydrogens is 216 g/mol. The van der Waals surface area contributed by atoms with Gasteiger partial charge in [0.2, 0.25) is 0 Å². The van der Waals surface area contributed by atoms with Crippen molar-refractivity contribution in [3.05, 3.63) is 0 Å². The third-order valence-corrected chi connectivity index (χ3v) is 2.73. The lowest BCUT2D eigenvalue weighted by atomic mass is 10.4. The molecule has 0 spiro atoms. The highest BCUT2D eigenvalue weighted by atomic mass is 16.5. The van der Waals surface area contributed by atoms with Crippen LogP contribution in [0.5, 0.6) is 0 Å². The van der Waals surface area contributed by atoms with Gasteiger partial charge >= 0.3 is 0 Å². The van der Waals surface area contributed by atoms with E-state index in [4.69, 9.17) is 9.47 Å². The highest BCUT2D eigenvalue weighted by Crippen LogP contribution is 1.88. The molecule has 0 amide bonds. The van der Waals surface area contributed by atoms with Crippen molar-refractivity contribution in [1.82, 2.24) is 10.2 Å². The Hall–Kier alpha value is -0.160. The molecule has 0 aliphatic heterocycles. The third-order valence-electron chi connectivity index (χ3n) is 2.73. The Morgan fingerprint density at radius 3 is 2.47 bits per heavy atom. The number of hydrogen-bond donors (Lipinski definition) is 1. The maximum atomic E-state index is 5.48. The van der Waals surface area contributed by atoms with Crippen LogP contribution in [0, 0.1) is 0 Å². The van der Waals surface area contributed by atoms with Crippen molar-refractivity contribution in [1.29, 1.82) is 0 Å². The number of methoxy groups -OCH3 is 1. The van der Waals surface area contributed by atoms with Crippen molar-refractivity contribution in [2.45, 2.75) is 26.7 Å².